The molecule has 0 radical (unpaired) electrons. The van der Waals surface area contributed by atoms with E-state index in [4.69, 9.17) is 17.4 Å². The van der Waals surface area contributed by atoms with Gasteiger partial charge in [-0.15, -0.1) is 0 Å². The lowest BCUT2D eigenvalue weighted by Crippen LogP contribution is -2.36. The van der Waals surface area contributed by atoms with Gasteiger partial charge in [0.15, 0.2) is 9.84 Å². The summed E-state index contributed by atoms with van der Waals surface area (Å²) in [7, 11) is -3.58. The van der Waals surface area contributed by atoms with Crippen molar-refractivity contribution in [2.45, 2.75) is 5.88 Å². The van der Waals surface area contributed by atoms with E-state index < -0.39 is 27.4 Å². The predicted octanol–water partition coefficient (Wildman–Crippen LogP) is -1.10. The van der Waals surface area contributed by atoms with E-state index in [9.17, 15) is 13.2 Å². The lowest BCUT2D eigenvalue weighted by molar-refractivity contribution is -0.118. The van der Waals surface area contributed by atoms with Gasteiger partial charge in [-0.05, 0) is 0 Å². The number of aromatic nitrogens is 2. The highest BCUT2D eigenvalue weighted by molar-refractivity contribution is 7.91. The molecular weight excluding hydrogens is 244 g/mol. The SMILES string of the molecule is NNC(=O)CS(=O)(=O)Cn1cc(Cl)cn1. The quantitative estimate of drug-likeness (QED) is 0.402. The average Bonchev–Trinajstić information content (AvgIpc) is 2.49. The number of hydrogen-bond donors (Lipinski definition) is 2. The highest BCUT2D eigenvalue weighted by atomic mass is 35.5. The molecule has 1 amide bonds. The molecule has 0 saturated heterocycles. The van der Waals surface area contributed by atoms with Crippen LogP contribution in [0, 0.1) is 0 Å². The highest BCUT2D eigenvalue weighted by Gasteiger charge is 2.17. The molecule has 0 aliphatic heterocycles. The molecule has 0 fully saturated rings. The fourth-order valence-corrected chi connectivity index (χ4v) is 2.17. The predicted molar refractivity (Wildman–Crippen MR) is 53.4 cm³/mol. The summed E-state index contributed by atoms with van der Waals surface area (Å²) < 4.78 is 23.8. The molecule has 1 aromatic rings. The van der Waals surface area contributed by atoms with Crippen LogP contribution in [0.5, 0.6) is 0 Å². The van der Waals surface area contributed by atoms with Gasteiger partial charge in [0.2, 0.25) is 5.91 Å². The Morgan fingerprint density at radius 3 is 2.80 bits per heavy atom. The Balaban J connectivity index is 2.69. The Labute approximate surface area is 91.1 Å². The topological polar surface area (TPSA) is 107 Å². The molecule has 84 valence electrons. The number of nitrogens with one attached hydrogen (secondary N) is 1. The van der Waals surface area contributed by atoms with E-state index >= 15 is 0 Å². The summed E-state index contributed by atoms with van der Waals surface area (Å²) in [5.74, 6) is 2.91. The summed E-state index contributed by atoms with van der Waals surface area (Å²) in [6, 6.07) is 0. The fraction of sp³-hybridized carbons (Fsp3) is 0.333. The summed E-state index contributed by atoms with van der Waals surface area (Å²) in [6.45, 7) is 0. The molecule has 9 heteroatoms. The first-order chi connectivity index (χ1) is 6.93. The molecule has 1 heterocycles. The summed E-state index contributed by atoms with van der Waals surface area (Å²) in [5, 5.41) is 4.00. The summed E-state index contributed by atoms with van der Waals surface area (Å²) >= 11 is 5.54. The van der Waals surface area contributed by atoms with Gasteiger partial charge in [0.05, 0.1) is 11.2 Å². The number of carbonyl (C=O) groups is 1. The minimum Gasteiger partial charge on any atom is -0.293 e. The molecule has 15 heavy (non-hydrogen) atoms. The van der Waals surface area contributed by atoms with Crippen molar-refractivity contribution in [1.29, 1.82) is 0 Å². The van der Waals surface area contributed by atoms with Gasteiger partial charge in [0, 0.05) is 6.20 Å². The fourth-order valence-electron chi connectivity index (χ4n) is 0.898. The largest absolute Gasteiger partial charge is 0.293 e. The zero-order valence-corrected chi connectivity index (χ0v) is 9.12. The van der Waals surface area contributed by atoms with Crippen molar-refractivity contribution >= 4 is 27.3 Å². The van der Waals surface area contributed by atoms with Crippen LogP contribution in [-0.4, -0.2) is 29.9 Å². The molecule has 0 atom stereocenters. The normalized spacial score (nSPS) is 11.3. The van der Waals surface area contributed by atoms with Crippen LogP contribution in [0.15, 0.2) is 12.4 Å². The lowest BCUT2D eigenvalue weighted by atomic mass is 10.7. The van der Waals surface area contributed by atoms with Crippen molar-refractivity contribution in [3.63, 3.8) is 0 Å². The number of rotatable bonds is 4. The monoisotopic (exact) mass is 252 g/mol. The van der Waals surface area contributed by atoms with E-state index in [1.54, 1.807) is 5.43 Å². The maximum Gasteiger partial charge on any atom is 0.249 e. The molecule has 7 nitrogen and oxygen atoms in total. The van der Waals surface area contributed by atoms with E-state index in [0.29, 0.717) is 5.02 Å². The Kier molecular flexibility index (Phi) is 3.66. The zero-order valence-electron chi connectivity index (χ0n) is 7.55. The van der Waals surface area contributed by atoms with Crippen LogP contribution in [0.2, 0.25) is 5.02 Å². The smallest absolute Gasteiger partial charge is 0.249 e. The van der Waals surface area contributed by atoms with Crippen LogP contribution in [0.3, 0.4) is 0 Å². The first-order valence-corrected chi connectivity index (χ1v) is 6.01. The molecule has 0 spiro atoms. The van der Waals surface area contributed by atoms with Crippen molar-refractivity contribution in [3.05, 3.63) is 17.4 Å². The highest BCUT2D eigenvalue weighted by Crippen LogP contribution is 2.06. The first-order valence-electron chi connectivity index (χ1n) is 3.81. The standard InChI is InChI=1S/C6H9ClN4O3S/c7-5-1-9-11(2-5)4-15(13,14)3-6(12)10-8/h1-2H,3-4,8H2,(H,10,12). The second kappa shape index (κ2) is 4.60. The van der Waals surface area contributed by atoms with E-state index in [2.05, 4.69) is 5.10 Å². The van der Waals surface area contributed by atoms with Gasteiger partial charge in [-0.3, -0.25) is 14.9 Å². The zero-order chi connectivity index (χ0) is 11.5. The molecule has 3 N–H and O–H groups in total. The van der Waals surface area contributed by atoms with Crippen LogP contribution >= 0.6 is 11.6 Å². The Bertz CT molecular complexity index is 455. The Morgan fingerprint density at radius 2 is 2.33 bits per heavy atom. The molecule has 0 unspecified atom stereocenters. The Hall–Kier alpha value is -1.12. The maximum atomic E-state index is 11.4. The molecule has 0 aromatic carbocycles. The van der Waals surface area contributed by atoms with Gasteiger partial charge in [0.1, 0.15) is 11.6 Å². The number of nitrogens with two attached hydrogens (primary N) is 1. The molecule has 0 bridgehead atoms. The second-order valence-electron chi connectivity index (χ2n) is 2.78. The maximum absolute atomic E-state index is 11.4. The van der Waals surface area contributed by atoms with E-state index in [-0.39, 0.29) is 0 Å². The Morgan fingerprint density at radius 1 is 1.67 bits per heavy atom. The van der Waals surface area contributed by atoms with Crippen LogP contribution < -0.4 is 11.3 Å². The van der Waals surface area contributed by atoms with E-state index in [1.807, 2.05) is 0 Å². The summed E-state index contributed by atoms with van der Waals surface area (Å²) in [5.41, 5.74) is 1.74. The number of sulfone groups is 1. The van der Waals surface area contributed by atoms with Gasteiger partial charge in [-0.25, -0.2) is 14.3 Å². The third-order valence-electron chi connectivity index (χ3n) is 1.44. The third-order valence-corrected chi connectivity index (χ3v) is 3.00. The number of halogens is 1. The molecule has 0 saturated carbocycles. The third kappa shape index (κ3) is 3.86. The molecule has 1 aromatic heterocycles. The van der Waals surface area contributed by atoms with Gasteiger partial charge in [0.25, 0.3) is 0 Å². The second-order valence-corrected chi connectivity index (χ2v) is 5.25. The van der Waals surface area contributed by atoms with Crippen LogP contribution in [0.25, 0.3) is 0 Å². The molecular formula is C6H9ClN4O3S. The number of nitrogens with zero attached hydrogens (tertiary/aromatic N) is 2. The van der Waals surface area contributed by atoms with Crippen molar-refractivity contribution in [3.8, 4) is 0 Å². The van der Waals surface area contributed by atoms with Gasteiger partial charge < -0.3 is 0 Å². The minimum atomic E-state index is -3.58. The van der Waals surface area contributed by atoms with Crippen molar-refractivity contribution in [2.24, 2.45) is 5.84 Å². The van der Waals surface area contributed by atoms with Crippen molar-refractivity contribution in [1.82, 2.24) is 15.2 Å². The summed E-state index contributed by atoms with van der Waals surface area (Å²) in [4.78, 5) is 10.8. The average molecular weight is 253 g/mol. The molecule has 0 aliphatic rings. The molecule has 1 rings (SSSR count). The van der Waals surface area contributed by atoms with E-state index in [0.717, 1.165) is 4.68 Å². The lowest BCUT2D eigenvalue weighted by Gasteiger charge is -2.02. The van der Waals surface area contributed by atoms with Crippen molar-refractivity contribution < 1.29 is 13.2 Å². The first kappa shape index (κ1) is 12.0. The van der Waals surface area contributed by atoms with E-state index in [1.165, 1.54) is 12.4 Å². The minimum absolute atomic E-state index is 0.327. The van der Waals surface area contributed by atoms with Crippen LogP contribution in [-0.2, 0) is 20.5 Å². The van der Waals surface area contributed by atoms with Crippen LogP contribution in [0.1, 0.15) is 0 Å². The number of hydrogen-bond acceptors (Lipinski definition) is 5. The van der Waals surface area contributed by atoms with Gasteiger partial charge in [-0.2, -0.15) is 5.10 Å². The summed E-state index contributed by atoms with van der Waals surface area (Å²) in [6.07, 6.45) is 2.65. The number of amides is 1. The van der Waals surface area contributed by atoms with Gasteiger partial charge >= 0.3 is 0 Å². The number of carbonyl (C=O) groups excluding carboxylic acids is 1. The molecule has 0 aliphatic carbocycles. The van der Waals surface area contributed by atoms with Crippen molar-refractivity contribution in [2.75, 3.05) is 5.75 Å². The van der Waals surface area contributed by atoms with Gasteiger partial charge in [-0.1, -0.05) is 11.6 Å². The number of hydrazine groups is 1. The van der Waals surface area contributed by atoms with Crippen LogP contribution in [0.4, 0.5) is 0 Å².